The van der Waals surface area contributed by atoms with E-state index in [0.29, 0.717) is 25.4 Å². The number of ether oxygens (including phenoxy) is 3. The molecule has 1 atom stereocenters. The van der Waals surface area contributed by atoms with Gasteiger partial charge in [0, 0.05) is 18.8 Å². The lowest BCUT2D eigenvalue weighted by Gasteiger charge is -2.41. The van der Waals surface area contributed by atoms with E-state index >= 15 is 0 Å². The average molecular weight is 585 g/mol. The number of rotatable bonds is 21. The zero-order valence-corrected chi connectivity index (χ0v) is 28.1. The highest BCUT2D eigenvalue weighted by molar-refractivity contribution is 6.89. The molecular formula is C23H52O9Si4. The Morgan fingerprint density at radius 2 is 1.25 bits per heavy atom. The van der Waals surface area contributed by atoms with Crippen LogP contribution in [0.25, 0.3) is 0 Å². The summed E-state index contributed by atoms with van der Waals surface area (Å²) in [6.45, 7) is 24.0. The number of carbonyl (C=O) groups is 1. The van der Waals surface area contributed by atoms with Gasteiger partial charge in [0.25, 0.3) is 0 Å². The first-order chi connectivity index (χ1) is 16.4. The molecule has 13 heteroatoms. The number of aliphatic hydroxyl groups is 2. The van der Waals surface area contributed by atoms with Crippen LogP contribution in [0.2, 0.25) is 64.5 Å². The molecule has 0 saturated carbocycles. The molecule has 0 aliphatic carbocycles. The first kappa shape index (κ1) is 35.8. The number of aliphatic hydroxyl groups excluding tert-OH is 2. The number of hydrogen-bond acceptors (Lipinski definition) is 9. The van der Waals surface area contributed by atoms with Crippen LogP contribution in [-0.2, 0) is 31.4 Å². The Morgan fingerprint density at radius 3 is 1.69 bits per heavy atom. The van der Waals surface area contributed by atoms with Gasteiger partial charge in [-0.1, -0.05) is 6.58 Å². The summed E-state index contributed by atoms with van der Waals surface area (Å²) in [5.74, 6) is -0.391. The fraction of sp³-hybridized carbons (Fsp3) is 0.870. The summed E-state index contributed by atoms with van der Waals surface area (Å²) in [4.78, 5) is 11.4. The normalized spacial score (nSPS) is 14.1. The molecule has 0 aromatic carbocycles. The van der Waals surface area contributed by atoms with Crippen molar-refractivity contribution in [3.63, 3.8) is 0 Å². The lowest BCUT2D eigenvalue weighted by molar-refractivity contribution is -0.140. The van der Waals surface area contributed by atoms with E-state index in [9.17, 15) is 9.90 Å². The minimum absolute atomic E-state index is 0.149. The summed E-state index contributed by atoms with van der Waals surface area (Å²) in [7, 11) is -8.72. The van der Waals surface area contributed by atoms with E-state index in [1.807, 2.05) is 0 Å². The molecule has 1 unspecified atom stereocenters. The summed E-state index contributed by atoms with van der Waals surface area (Å²) in [6, 6.07) is 1.88. The Kier molecular flexibility index (Phi) is 16.6. The predicted octanol–water partition coefficient (Wildman–Crippen LogP) is 4.14. The third-order valence-electron chi connectivity index (χ3n) is 5.00. The van der Waals surface area contributed by atoms with E-state index in [-0.39, 0.29) is 19.8 Å². The van der Waals surface area contributed by atoms with E-state index in [0.717, 1.165) is 24.9 Å². The van der Waals surface area contributed by atoms with Crippen molar-refractivity contribution in [3.05, 3.63) is 12.2 Å². The van der Waals surface area contributed by atoms with Crippen LogP contribution in [0.3, 0.4) is 0 Å². The van der Waals surface area contributed by atoms with Crippen molar-refractivity contribution in [1.82, 2.24) is 0 Å². The maximum absolute atomic E-state index is 11.4. The molecule has 2 N–H and O–H groups in total. The molecule has 0 radical (unpaired) electrons. The Labute approximate surface area is 223 Å². The maximum Gasteiger partial charge on any atom is 0.333 e. The van der Waals surface area contributed by atoms with E-state index in [2.05, 4.69) is 59.0 Å². The summed E-state index contributed by atoms with van der Waals surface area (Å²) in [5, 5.41) is 18.2. The van der Waals surface area contributed by atoms with Gasteiger partial charge in [-0.2, -0.15) is 0 Å². The molecule has 0 fully saturated rings. The lowest BCUT2D eigenvalue weighted by atomic mass is 10.4. The molecule has 0 spiro atoms. The molecule has 0 aliphatic heterocycles. The van der Waals surface area contributed by atoms with Gasteiger partial charge in [0.15, 0.2) is 16.6 Å². The molecule has 0 amide bonds. The highest BCUT2D eigenvalue weighted by atomic mass is 28.5. The summed E-state index contributed by atoms with van der Waals surface area (Å²) in [6.07, 6.45) is 0.904. The van der Waals surface area contributed by atoms with Gasteiger partial charge in [0.1, 0.15) is 12.7 Å². The van der Waals surface area contributed by atoms with Crippen LogP contribution in [0.1, 0.15) is 19.8 Å². The number of hydrogen-bond donors (Lipinski definition) is 2. The lowest BCUT2D eigenvalue weighted by Crippen LogP contribution is -2.56. The highest BCUT2D eigenvalue weighted by Gasteiger charge is 2.43. The van der Waals surface area contributed by atoms with E-state index in [1.165, 1.54) is 0 Å². The van der Waals surface area contributed by atoms with E-state index < -0.39 is 45.8 Å². The topological polar surface area (TPSA) is 113 Å². The van der Waals surface area contributed by atoms with Gasteiger partial charge in [-0.15, -0.1) is 0 Å². The molecular weight excluding hydrogens is 533 g/mol. The first-order valence-corrected chi connectivity index (χ1v) is 24.6. The number of esters is 1. The largest absolute Gasteiger partial charge is 0.460 e. The second-order valence-corrected chi connectivity index (χ2v) is 27.4. The monoisotopic (exact) mass is 584 g/mol. The van der Waals surface area contributed by atoms with E-state index in [1.54, 1.807) is 6.92 Å². The van der Waals surface area contributed by atoms with Crippen molar-refractivity contribution in [2.75, 3.05) is 39.6 Å². The minimum atomic E-state index is -2.40. The third-order valence-corrected chi connectivity index (χ3v) is 20.4. The van der Waals surface area contributed by atoms with Crippen LogP contribution < -0.4 is 0 Å². The van der Waals surface area contributed by atoms with Gasteiger partial charge in [0.2, 0.25) is 0 Å². The van der Waals surface area contributed by atoms with E-state index in [4.69, 9.17) is 31.7 Å². The molecule has 9 nitrogen and oxygen atoms in total. The average Bonchev–Trinajstić information content (AvgIpc) is 2.69. The molecule has 0 bridgehead atoms. The van der Waals surface area contributed by atoms with Crippen molar-refractivity contribution in [2.45, 2.75) is 90.3 Å². The van der Waals surface area contributed by atoms with Crippen molar-refractivity contribution in [1.29, 1.82) is 0 Å². The SMILES string of the molecule is C=C(C)C(=O)OCCOCCC[Si](C)(C)O[Si](C)(C)O[Si](C)(C)O[Si](C)(C)CCCOCC(O)CO. The van der Waals surface area contributed by atoms with Crippen LogP contribution >= 0.6 is 0 Å². The minimum Gasteiger partial charge on any atom is -0.460 e. The predicted molar refractivity (Wildman–Crippen MR) is 153 cm³/mol. The second kappa shape index (κ2) is 16.7. The van der Waals surface area contributed by atoms with Gasteiger partial charge < -0.3 is 36.8 Å². The van der Waals surface area contributed by atoms with Crippen LogP contribution in [0.15, 0.2) is 12.2 Å². The second-order valence-electron chi connectivity index (χ2n) is 11.3. The van der Waals surface area contributed by atoms with Gasteiger partial charge in [-0.05, 0) is 84.2 Å². The van der Waals surface area contributed by atoms with Gasteiger partial charge >= 0.3 is 23.1 Å². The van der Waals surface area contributed by atoms with Gasteiger partial charge in [0.05, 0.1) is 19.8 Å². The maximum atomic E-state index is 11.4. The van der Waals surface area contributed by atoms with Crippen LogP contribution in [-0.4, -0.2) is 95.7 Å². The van der Waals surface area contributed by atoms with Crippen LogP contribution in [0.4, 0.5) is 0 Å². The van der Waals surface area contributed by atoms with Crippen molar-refractivity contribution in [2.24, 2.45) is 0 Å². The zero-order chi connectivity index (χ0) is 28.0. The van der Waals surface area contributed by atoms with Crippen molar-refractivity contribution < 1.29 is 41.6 Å². The first-order valence-electron chi connectivity index (χ1n) is 12.8. The summed E-state index contributed by atoms with van der Waals surface area (Å²) in [5.41, 5.74) is 0.387. The van der Waals surface area contributed by atoms with Gasteiger partial charge in [-0.3, -0.25) is 0 Å². The Bertz CT molecular complexity index is 657. The molecule has 0 aliphatic rings. The quantitative estimate of drug-likeness (QED) is 0.0889. The molecule has 36 heavy (non-hydrogen) atoms. The summed E-state index contributed by atoms with van der Waals surface area (Å²) >= 11 is 0. The Morgan fingerprint density at radius 1 is 0.778 bits per heavy atom. The van der Waals surface area contributed by atoms with Crippen LogP contribution in [0, 0.1) is 0 Å². The Balaban J connectivity index is 4.42. The standard InChI is InChI=1S/C23H52O9Si4/c1-21(2)23(26)29-16-15-27-13-11-17-33(3,4)30-35(7,8)32-36(9,10)31-34(5,6)18-12-14-28-20-22(25)19-24/h22,24-25H,1,11-20H2,2-10H3. The molecule has 0 rings (SSSR count). The molecule has 214 valence electrons. The molecule has 0 aromatic rings. The number of carbonyl (C=O) groups excluding carboxylic acids is 1. The zero-order valence-electron chi connectivity index (χ0n) is 24.1. The third kappa shape index (κ3) is 19.0. The highest BCUT2D eigenvalue weighted by Crippen LogP contribution is 2.27. The molecule has 0 aromatic heterocycles. The van der Waals surface area contributed by atoms with Crippen molar-refractivity contribution >= 4 is 39.7 Å². The van der Waals surface area contributed by atoms with Crippen LogP contribution in [0.5, 0.6) is 0 Å². The Hall–Kier alpha value is -0.202. The smallest absolute Gasteiger partial charge is 0.333 e. The fourth-order valence-corrected chi connectivity index (χ4v) is 23.2. The fourth-order valence-electron chi connectivity index (χ4n) is 3.96. The van der Waals surface area contributed by atoms with Gasteiger partial charge in [-0.25, -0.2) is 4.79 Å². The summed E-state index contributed by atoms with van der Waals surface area (Å²) < 4.78 is 35.9. The van der Waals surface area contributed by atoms with Crippen molar-refractivity contribution in [3.8, 4) is 0 Å². The molecule has 0 heterocycles. The molecule has 0 saturated heterocycles.